The van der Waals surface area contributed by atoms with E-state index in [0.717, 1.165) is 12.3 Å². The Balaban J connectivity index is 2.02. The van der Waals surface area contributed by atoms with Gasteiger partial charge in [-0.1, -0.05) is 12.1 Å². The molecule has 0 saturated heterocycles. The molecule has 2 aromatic carbocycles. The molecule has 0 aliphatic carbocycles. The van der Waals surface area contributed by atoms with Gasteiger partial charge in [0.15, 0.2) is 9.84 Å². The highest BCUT2D eigenvalue weighted by molar-refractivity contribution is 7.90. The van der Waals surface area contributed by atoms with Crippen LogP contribution in [-0.2, 0) is 9.84 Å². The van der Waals surface area contributed by atoms with E-state index in [1.165, 1.54) is 29.1 Å². The van der Waals surface area contributed by atoms with Crippen molar-refractivity contribution in [2.45, 2.75) is 11.8 Å². The Kier molecular flexibility index (Phi) is 4.66. The van der Waals surface area contributed by atoms with Gasteiger partial charge >= 0.3 is 0 Å². The van der Waals surface area contributed by atoms with Gasteiger partial charge in [-0.3, -0.25) is 10.1 Å². The van der Waals surface area contributed by atoms with Gasteiger partial charge in [-0.15, -0.1) is 0 Å². The highest BCUT2D eigenvalue weighted by atomic mass is 32.2. The molecule has 0 radical (unpaired) electrons. The predicted molar refractivity (Wildman–Crippen MR) is 97.7 cm³/mol. The first-order valence-electron chi connectivity index (χ1n) is 7.73. The standard InChI is InChI=1S/C17H15FN4O4S/c1-11-15(10-19-21(11)16-6-4-3-5-13(16)18)20-14-8-7-12(27(2,25)26)9-17(14)22(23)24/h3-10,20H,1-2H3. The topological polar surface area (TPSA) is 107 Å². The molecular weight excluding hydrogens is 375 g/mol. The normalized spacial score (nSPS) is 11.4. The molecule has 1 aromatic heterocycles. The second-order valence-electron chi connectivity index (χ2n) is 5.84. The molecule has 0 amide bonds. The van der Waals surface area contributed by atoms with Gasteiger partial charge in [0.1, 0.15) is 17.2 Å². The minimum atomic E-state index is -3.58. The monoisotopic (exact) mass is 390 g/mol. The van der Waals surface area contributed by atoms with E-state index in [-0.39, 0.29) is 16.3 Å². The van der Waals surface area contributed by atoms with Crippen LogP contribution in [0.25, 0.3) is 5.69 Å². The van der Waals surface area contributed by atoms with Crippen molar-refractivity contribution < 1.29 is 17.7 Å². The molecule has 3 aromatic rings. The molecule has 140 valence electrons. The zero-order chi connectivity index (χ0) is 19.8. The summed E-state index contributed by atoms with van der Waals surface area (Å²) in [6.45, 7) is 1.68. The molecule has 10 heteroatoms. The summed E-state index contributed by atoms with van der Waals surface area (Å²) in [6.07, 6.45) is 2.39. The molecular formula is C17H15FN4O4S. The number of nitrogens with one attached hydrogen (secondary N) is 1. The van der Waals surface area contributed by atoms with Crippen molar-refractivity contribution in [1.82, 2.24) is 9.78 Å². The third-order valence-electron chi connectivity index (χ3n) is 3.95. The largest absolute Gasteiger partial charge is 0.347 e. The maximum Gasteiger partial charge on any atom is 0.293 e. The third kappa shape index (κ3) is 3.65. The summed E-state index contributed by atoms with van der Waals surface area (Å²) in [4.78, 5) is 10.5. The highest BCUT2D eigenvalue weighted by Crippen LogP contribution is 2.31. The summed E-state index contributed by atoms with van der Waals surface area (Å²) in [5.74, 6) is -0.460. The van der Waals surface area contributed by atoms with Crippen molar-refractivity contribution >= 4 is 26.9 Å². The molecule has 1 heterocycles. The van der Waals surface area contributed by atoms with Crippen LogP contribution in [0.2, 0.25) is 0 Å². The van der Waals surface area contributed by atoms with Crippen molar-refractivity contribution in [2.75, 3.05) is 11.6 Å². The summed E-state index contributed by atoms with van der Waals surface area (Å²) >= 11 is 0. The van der Waals surface area contributed by atoms with Gasteiger partial charge in [-0.25, -0.2) is 17.5 Å². The number of hydrogen-bond donors (Lipinski definition) is 1. The number of hydrogen-bond acceptors (Lipinski definition) is 6. The number of para-hydroxylation sites is 1. The molecule has 3 rings (SSSR count). The number of aromatic nitrogens is 2. The van der Waals surface area contributed by atoms with Gasteiger partial charge in [-0.05, 0) is 31.2 Å². The first-order chi connectivity index (χ1) is 12.7. The number of anilines is 2. The lowest BCUT2D eigenvalue weighted by molar-refractivity contribution is -0.384. The molecule has 0 unspecified atom stereocenters. The Morgan fingerprint density at radius 1 is 1.19 bits per heavy atom. The lowest BCUT2D eigenvalue weighted by Gasteiger charge is -2.09. The molecule has 0 bridgehead atoms. The number of halogens is 1. The minimum absolute atomic E-state index is 0.101. The zero-order valence-corrected chi connectivity index (χ0v) is 15.2. The number of nitro benzene ring substituents is 1. The average Bonchev–Trinajstić information content (AvgIpc) is 2.95. The van der Waals surface area contributed by atoms with Crippen molar-refractivity contribution in [3.05, 3.63) is 70.3 Å². The van der Waals surface area contributed by atoms with Crippen LogP contribution >= 0.6 is 0 Å². The Labute approximate surface area is 154 Å². The van der Waals surface area contributed by atoms with E-state index >= 15 is 0 Å². The van der Waals surface area contributed by atoms with Gasteiger partial charge < -0.3 is 5.32 Å². The lowest BCUT2D eigenvalue weighted by Crippen LogP contribution is -2.04. The second kappa shape index (κ2) is 6.80. The molecule has 0 aliphatic heterocycles. The molecule has 0 aliphatic rings. The summed E-state index contributed by atoms with van der Waals surface area (Å²) in [6, 6.07) is 9.68. The molecule has 0 atom stereocenters. The maximum absolute atomic E-state index is 14.0. The van der Waals surface area contributed by atoms with E-state index in [2.05, 4.69) is 10.4 Å². The van der Waals surface area contributed by atoms with Crippen LogP contribution < -0.4 is 5.32 Å². The number of nitro groups is 1. The smallest absolute Gasteiger partial charge is 0.293 e. The summed E-state index contributed by atoms with van der Waals surface area (Å²) in [7, 11) is -3.58. The maximum atomic E-state index is 14.0. The Morgan fingerprint density at radius 3 is 2.52 bits per heavy atom. The lowest BCUT2D eigenvalue weighted by atomic mass is 10.2. The summed E-state index contributed by atoms with van der Waals surface area (Å²) in [5, 5.41) is 18.3. The molecule has 0 saturated carbocycles. The number of benzene rings is 2. The van der Waals surface area contributed by atoms with E-state index < -0.39 is 26.3 Å². The first-order valence-corrected chi connectivity index (χ1v) is 9.62. The second-order valence-corrected chi connectivity index (χ2v) is 7.86. The molecule has 8 nitrogen and oxygen atoms in total. The molecule has 27 heavy (non-hydrogen) atoms. The van der Waals surface area contributed by atoms with Crippen LogP contribution in [0.5, 0.6) is 0 Å². The fourth-order valence-electron chi connectivity index (χ4n) is 2.54. The van der Waals surface area contributed by atoms with Crippen LogP contribution in [0.1, 0.15) is 5.69 Å². The van der Waals surface area contributed by atoms with Gasteiger partial charge in [0.25, 0.3) is 5.69 Å². The van der Waals surface area contributed by atoms with Crippen molar-refractivity contribution in [2.24, 2.45) is 0 Å². The van der Waals surface area contributed by atoms with E-state index in [4.69, 9.17) is 0 Å². The van der Waals surface area contributed by atoms with E-state index in [9.17, 15) is 22.9 Å². The fourth-order valence-corrected chi connectivity index (χ4v) is 3.18. The molecule has 1 N–H and O–H groups in total. The molecule has 0 spiro atoms. The van der Waals surface area contributed by atoms with Crippen LogP contribution in [0.15, 0.2) is 53.6 Å². The highest BCUT2D eigenvalue weighted by Gasteiger charge is 2.20. The summed E-state index contributed by atoms with van der Waals surface area (Å²) in [5.41, 5.74) is 0.902. The van der Waals surface area contributed by atoms with Crippen LogP contribution in [0.3, 0.4) is 0 Å². The van der Waals surface area contributed by atoms with E-state index in [0.29, 0.717) is 11.4 Å². The van der Waals surface area contributed by atoms with E-state index in [1.807, 2.05) is 0 Å². The van der Waals surface area contributed by atoms with Crippen LogP contribution in [-0.4, -0.2) is 29.4 Å². The zero-order valence-electron chi connectivity index (χ0n) is 14.4. The van der Waals surface area contributed by atoms with Crippen LogP contribution in [0, 0.1) is 22.9 Å². The predicted octanol–water partition coefficient (Wildman–Crippen LogP) is 3.38. The van der Waals surface area contributed by atoms with Gasteiger partial charge in [0.05, 0.1) is 27.4 Å². The fraction of sp³-hybridized carbons (Fsp3) is 0.118. The third-order valence-corrected chi connectivity index (χ3v) is 5.06. The van der Waals surface area contributed by atoms with Crippen molar-refractivity contribution in [1.29, 1.82) is 0 Å². The van der Waals surface area contributed by atoms with E-state index in [1.54, 1.807) is 25.1 Å². The minimum Gasteiger partial charge on any atom is -0.347 e. The SMILES string of the molecule is Cc1c(Nc2ccc(S(C)(=O)=O)cc2[N+](=O)[O-])cnn1-c1ccccc1F. The summed E-state index contributed by atoms with van der Waals surface area (Å²) < 4.78 is 38.6. The van der Waals surface area contributed by atoms with Crippen molar-refractivity contribution in [3.8, 4) is 5.69 Å². The number of nitrogens with zero attached hydrogens (tertiary/aromatic N) is 3. The van der Waals surface area contributed by atoms with Gasteiger partial charge in [-0.2, -0.15) is 5.10 Å². The Hall–Kier alpha value is -3.27. The average molecular weight is 390 g/mol. The quantitative estimate of drug-likeness (QED) is 0.529. The van der Waals surface area contributed by atoms with Crippen molar-refractivity contribution in [3.63, 3.8) is 0 Å². The Bertz CT molecular complexity index is 1140. The Morgan fingerprint density at radius 2 is 1.89 bits per heavy atom. The number of rotatable bonds is 5. The van der Waals surface area contributed by atoms with Gasteiger partial charge in [0.2, 0.25) is 0 Å². The number of sulfone groups is 1. The van der Waals surface area contributed by atoms with Gasteiger partial charge in [0, 0.05) is 12.3 Å². The van der Waals surface area contributed by atoms with Crippen LogP contribution in [0.4, 0.5) is 21.5 Å². The molecule has 0 fully saturated rings. The first kappa shape index (κ1) is 18.5.